The van der Waals surface area contributed by atoms with Crippen molar-refractivity contribution in [3.63, 3.8) is 0 Å². The van der Waals surface area contributed by atoms with Gasteiger partial charge in [0.15, 0.2) is 0 Å². The lowest BCUT2D eigenvalue weighted by molar-refractivity contribution is -0.140. The van der Waals surface area contributed by atoms with Gasteiger partial charge in [-0.15, -0.1) is 0 Å². The molecular formula is C32H35BrN4O5S. The molecule has 0 radical (unpaired) electrons. The van der Waals surface area contributed by atoms with Crippen LogP contribution in [0.2, 0.25) is 0 Å². The van der Waals surface area contributed by atoms with Crippen LogP contribution in [0.25, 0.3) is 10.8 Å². The molecule has 0 aliphatic carbocycles. The second-order valence-corrected chi connectivity index (χ2v) is 13.2. The smallest absolute Gasteiger partial charge is 0.326 e. The normalized spacial score (nSPS) is 20.5. The van der Waals surface area contributed by atoms with Crippen molar-refractivity contribution in [2.45, 2.75) is 68.4 Å². The van der Waals surface area contributed by atoms with Crippen LogP contribution in [0.4, 0.5) is 10.5 Å². The molecule has 3 aromatic rings. The molecular weight excluding hydrogens is 632 g/mol. The van der Waals surface area contributed by atoms with Gasteiger partial charge in [0.1, 0.15) is 12.1 Å². The van der Waals surface area contributed by atoms with E-state index in [2.05, 4.69) is 31.9 Å². The van der Waals surface area contributed by atoms with Crippen molar-refractivity contribution in [3.8, 4) is 0 Å². The Hall–Kier alpha value is -3.57. The van der Waals surface area contributed by atoms with Gasteiger partial charge < -0.3 is 21.1 Å². The highest BCUT2D eigenvalue weighted by atomic mass is 79.9. The first-order valence-electron chi connectivity index (χ1n) is 14.5. The Labute approximate surface area is 263 Å². The minimum atomic E-state index is -1.17. The first-order chi connectivity index (χ1) is 20.7. The number of nitrogens with zero attached hydrogens (tertiary/aromatic N) is 1. The second kappa shape index (κ2) is 13.8. The minimum absolute atomic E-state index is 0.115. The third-order valence-corrected chi connectivity index (χ3v) is 10.1. The zero-order chi connectivity index (χ0) is 30.5. The molecule has 9 nitrogen and oxygen atoms in total. The fourth-order valence-electron chi connectivity index (χ4n) is 5.81. The molecule has 2 aliphatic heterocycles. The number of nitrogens with one attached hydrogen (secondary N) is 3. The molecule has 2 fully saturated rings. The highest BCUT2D eigenvalue weighted by Gasteiger charge is 2.42. The highest BCUT2D eigenvalue weighted by Crippen LogP contribution is 2.33. The van der Waals surface area contributed by atoms with Crippen LogP contribution in [0.3, 0.4) is 0 Å². The van der Waals surface area contributed by atoms with Crippen LogP contribution in [0.15, 0.2) is 71.2 Å². The van der Waals surface area contributed by atoms with E-state index in [0.717, 1.165) is 39.4 Å². The van der Waals surface area contributed by atoms with Crippen LogP contribution >= 0.6 is 27.7 Å². The SMILES string of the molecule is C[C@@H](C(=O)O)N(C(=O)[C@H](Cc1ccc(Br)cc1)NC(=O)CCCC[C@@H]1SC[C@@H]2NC(=O)N[C@@H]21)c1cccc2ccccc12. The number of urea groups is 1. The fourth-order valence-corrected chi connectivity index (χ4v) is 7.62. The molecule has 226 valence electrons. The van der Waals surface area contributed by atoms with Gasteiger partial charge in [-0.25, -0.2) is 9.59 Å². The lowest BCUT2D eigenvalue weighted by Crippen LogP contribution is -2.54. The monoisotopic (exact) mass is 666 g/mol. The average Bonchev–Trinajstić information content (AvgIpc) is 3.55. The first-order valence-corrected chi connectivity index (χ1v) is 16.3. The number of anilines is 1. The van der Waals surface area contributed by atoms with Crippen LogP contribution < -0.4 is 20.9 Å². The van der Waals surface area contributed by atoms with E-state index in [1.165, 1.54) is 11.8 Å². The zero-order valence-electron chi connectivity index (χ0n) is 23.8. The summed E-state index contributed by atoms with van der Waals surface area (Å²) in [7, 11) is 0. The Morgan fingerprint density at radius 2 is 1.79 bits per heavy atom. The zero-order valence-corrected chi connectivity index (χ0v) is 26.2. The molecule has 11 heteroatoms. The molecule has 2 heterocycles. The summed E-state index contributed by atoms with van der Waals surface area (Å²) in [6.45, 7) is 1.48. The van der Waals surface area contributed by atoms with E-state index in [4.69, 9.17) is 0 Å². The number of benzene rings is 3. The summed E-state index contributed by atoms with van der Waals surface area (Å²) in [6, 6.07) is 18.5. The van der Waals surface area contributed by atoms with Gasteiger partial charge in [0.05, 0.1) is 17.8 Å². The number of rotatable bonds is 12. The van der Waals surface area contributed by atoms with E-state index in [-0.39, 0.29) is 36.9 Å². The first kappa shape index (κ1) is 30.9. The van der Waals surface area contributed by atoms with Gasteiger partial charge in [-0.3, -0.25) is 14.5 Å². The summed E-state index contributed by atoms with van der Waals surface area (Å²) in [5.41, 5.74) is 1.32. The number of carboxylic acid groups (broad SMARTS) is 1. The number of hydrogen-bond acceptors (Lipinski definition) is 5. The minimum Gasteiger partial charge on any atom is -0.480 e. The molecule has 5 atom stereocenters. The molecule has 0 saturated carbocycles. The van der Waals surface area contributed by atoms with E-state index in [0.29, 0.717) is 17.4 Å². The van der Waals surface area contributed by atoms with Gasteiger partial charge in [-0.1, -0.05) is 70.9 Å². The number of carboxylic acids is 1. The van der Waals surface area contributed by atoms with Gasteiger partial charge in [-0.2, -0.15) is 11.8 Å². The quantitative estimate of drug-likeness (QED) is 0.162. The summed E-state index contributed by atoms with van der Waals surface area (Å²) >= 11 is 5.27. The van der Waals surface area contributed by atoms with Crippen molar-refractivity contribution in [1.82, 2.24) is 16.0 Å². The van der Waals surface area contributed by atoms with E-state index in [9.17, 15) is 24.3 Å². The maximum Gasteiger partial charge on any atom is 0.326 e. The maximum absolute atomic E-state index is 14.3. The predicted octanol–water partition coefficient (Wildman–Crippen LogP) is 4.86. The Morgan fingerprint density at radius 3 is 2.56 bits per heavy atom. The summed E-state index contributed by atoms with van der Waals surface area (Å²) in [6.07, 6.45) is 2.78. The molecule has 5 rings (SSSR count). The van der Waals surface area contributed by atoms with E-state index < -0.39 is 24.0 Å². The molecule has 4 N–H and O–H groups in total. The van der Waals surface area contributed by atoms with Crippen molar-refractivity contribution >= 4 is 68.0 Å². The fraction of sp³-hybridized carbons (Fsp3) is 0.375. The standard InChI is InChI=1S/C32H35BrN4O5S/c1-19(31(40)41)37(26-10-6-8-21-7-2-3-9-23(21)26)30(39)24(17-20-13-15-22(33)16-14-20)34-28(38)12-5-4-11-27-29-25(18-43-27)35-32(42)36-29/h2-3,6-10,13-16,19,24-25,27,29H,4-5,11-12,17-18H2,1H3,(H,34,38)(H,40,41)(H2,35,36,42)/t19-,24-,25-,27-,29-/m0/s1. The van der Waals surface area contributed by atoms with Crippen LogP contribution in [-0.2, 0) is 20.8 Å². The molecule has 2 saturated heterocycles. The van der Waals surface area contributed by atoms with Gasteiger partial charge in [-0.05, 0) is 48.9 Å². The topological polar surface area (TPSA) is 128 Å². The van der Waals surface area contributed by atoms with Crippen molar-refractivity contribution in [2.24, 2.45) is 0 Å². The van der Waals surface area contributed by atoms with Crippen LogP contribution in [0.5, 0.6) is 0 Å². The third kappa shape index (κ3) is 7.33. The van der Waals surface area contributed by atoms with Crippen molar-refractivity contribution in [2.75, 3.05) is 10.7 Å². The second-order valence-electron chi connectivity index (χ2n) is 11.0. The lowest BCUT2D eigenvalue weighted by Gasteiger charge is -2.32. The number of fused-ring (bicyclic) bond motifs is 2. The number of carbonyl (C=O) groups is 4. The maximum atomic E-state index is 14.3. The van der Waals surface area contributed by atoms with Gasteiger partial charge >= 0.3 is 12.0 Å². The summed E-state index contributed by atoms with van der Waals surface area (Å²) in [5.74, 6) is -1.00. The van der Waals surface area contributed by atoms with Crippen LogP contribution in [-0.4, -0.2) is 64.1 Å². The van der Waals surface area contributed by atoms with Crippen molar-refractivity contribution < 1.29 is 24.3 Å². The molecule has 0 spiro atoms. The lowest BCUT2D eigenvalue weighted by atomic mass is 10.0. The number of aliphatic carboxylic acids is 1. The molecule has 0 aromatic heterocycles. The van der Waals surface area contributed by atoms with E-state index >= 15 is 0 Å². The Balaban J connectivity index is 1.32. The summed E-state index contributed by atoms with van der Waals surface area (Å²) < 4.78 is 0.889. The number of amides is 4. The number of carbonyl (C=O) groups excluding carboxylic acids is 3. The van der Waals surface area contributed by atoms with Crippen molar-refractivity contribution in [3.05, 3.63) is 76.8 Å². The Bertz CT molecular complexity index is 1500. The Morgan fingerprint density at radius 1 is 1.05 bits per heavy atom. The number of halogens is 1. The average molecular weight is 668 g/mol. The predicted molar refractivity (Wildman–Crippen MR) is 172 cm³/mol. The van der Waals surface area contributed by atoms with Gasteiger partial charge in [0, 0.05) is 33.7 Å². The third-order valence-electron chi connectivity index (χ3n) is 8.08. The molecule has 2 aliphatic rings. The molecule has 43 heavy (non-hydrogen) atoms. The number of hydrogen-bond donors (Lipinski definition) is 4. The summed E-state index contributed by atoms with van der Waals surface area (Å²) in [4.78, 5) is 52.7. The molecule has 3 aromatic carbocycles. The van der Waals surface area contributed by atoms with Gasteiger partial charge in [0.2, 0.25) is 5.91 Å². The Kier molecular flexibility index (Phi) is 9.92. The van der Waals surface area contributed by atoms with Gasteiger partial charge in [0.25, 0.3) is 5.91 Å². The van der Waals surface area contributed by atoms with E-state index in [1.807, 2.05) is 66.4 Å². The molecule has 0 unspecified atom stereocenters. The van der Waals surface area contributed by atoms with E-state index in [1.54, 1.807) is 12.1 Å². The molecule has 0 bridgehead atoms. The van der Waals surface area contributed by atoms with Crippen LogP contribution in [0, 0.1) is 0 Å². The number of unbranched alkanes of at least 4 members (excludes halogenated alkanes) is 1. The van der Waals surface area contributed by atoms with Crippen molar-refractivity contribution in [1.29, 1.82) is 0 Å². The van der Waals surface area contributed by atoms with Crippen LogP contribution in [0.1, 0.15) is 38.2 Å². The molecule has 4 amide bonds. The largest absolute Gasteiger partial charge is 0.480 e. The number of thioether (sulfide) groups is 1. The summed E-state index contributed by atoms with van der Waals surface area (Å²) in [5, 5.41) is 20.8. The highest BCUT2D eigenvalue weighted by molar-refractivity contribution is 9.10.